The highest BCUT2D eigenvalue weighted by molar-refractivity contribution is 8.00. The van der Waals surface area contributed by atoms with Crippen LogP contribution in [0.5, 0.6) is 5.75 Å². The van der Waals surface area contributed by atoms with Gasteiger partial charge in [0.05, 0.1) is 25.0 Å². The largest absolute Gasteiger partial charge is 0.497 e. The number of carbonyl (C=O) groups is 1. The van der Waals surface area contributed by atoms with Crippen LogP contribution in [0.25, 0.3) is 11.4 Å². The number of ether oxygens (including phenoxy) is 2. The molecule has 2 aromatic carbocycles. The fourth-order valence-electron chi connectivity index (χ4n) is 4.59. The van der Waals surface area contributed by atoms with Gasteiger partial charge in [-0.3, -0.25) is 9.36 Å². The normalized spacial score (nSPS) is 18.0. The van der Waals surface area contributed by atoms with E-state index in [-0.39, 0.29) is 17.3 Å². The number of aryl methyl sites for hydroxylation is 2. The van der Waals surface area contributed by atoms with E-state index in [1.807, 2.05) is 37.3 Å². The molecule has 1 aliphatic carbocycles. The number of benzene rings is 2. The summed E-state index contributed by atoms with van der Waals surface area (Å²) < 4.78 is 13.3. The minimum Gasteiger partial charge on any atom is -0.497 e. The molecular formula is C26H30N4O3S. The van der Waals surface area contributed by atoms with Crippen LogP contribution < -0.4 is 10.1 Å². The Hall–Kier alpha value is -2.84. The second kappa shape index (κ2) is 10.2. The Morgan fingerprint density at radius 2 is 2.00 bits per heavy atom. The molecule has 2 heterocycles. The molecule has 2 atom stereocenters. The van der Waals surface area contributed by atoms with Gasteiger partial charge < -0.3 is 14.8 Å². The monoisotopic (exact) mass is 478 g/mol. The average molecular weight is 479 g/mol. The van der Waals surface area contributed by atoms with Gasteiger partial charge in [-0.1, -0.05) is 17.8 Å². The lowest BCUT2D eigenvalue weighted by atomic mass is 10.1. The summed E-state index contributed by atoms with van der Waals surface area (Å²) in [6.45, 7) is 3.36. The van der Waals surface area contributed by atoms with Crippen molar-refractivity contribution < 1.29 is 14.3 Å². The predicted molar refractivity (Wildman–Crippen MR) is 133 cm³/mol. The summed E-state index contributed by atoms with van der Waals surface area (Å²) >= 11 is 1.43. The highest BCUT2D eigenvalue weighted by Crippen LogP contribution is 2.31. The number of hydrogen-bond acceptors (Lipinski definition) is 6. The minimum atomic E-state index is -0.329. The zero-order valence-electron chi connectivity index (χ0n) is 19.6. The van der Waals surface area contributed by atoms with Crippen LogP contribution in [0.1, 0.15) is 37.3 Å². The zero-order valence-corrected chi connectivity index (χ0v) is 20.4. The topological polar surface area (TPSA) is 78.3 Å². The number of nitrogens with zero attached hydrogens (tertiary/aromatic N) is 3. The maximum atomic E-state index is 13.0. The molecule has 1 saturated heterocycles. The number of aromatic nitrogens is 3. The zero-order chi connectivity index (χ0) is 23.5. The number of hydrogen-bond donors (Lipinski definition) is 1. The average Bonchev–Trinajstić information content (AvgIpc) is 3.61. The van der Waals surface area contributed by atoms with E-state index >= 15 is 0 Å². The first-order valence-corrected chi connectivity index (χ1v) is 12.8. The van der Waals surface area contributed by atoms with Crippen molar-refractivity contribution in [1.29, 1.82) is 0 Å². The van der Waals surface area contributed by atoms with E-state index < -0.39 is 0 Å². The molecule has 1 amide bonds. The Bertz CT molecular complexity index is 1160. The van der Waals surface area contributed by atoms with Gasteiger partial charge in [0.25, 0.3) is 0 Å². The van der Waals surface area contributed by atoms with Crippen molar-refractivity contribution in [1.82, 2.24) is 14.8 Å². The van der Waals surface area contributed by atoms with Gasteiger partial charge in [0.2, 0.25) is 5.91 Å². The molecule has 34 heavy (non-hydrogen) atoms. The number of methoxy groups -OCH3 is 1. The molecule has 1 fully saturated rings. The van der Waals surface area contributed by atoms with E-state index in [9.17, 15) is 4.79 Å². The highest BCUT2D eigenvalue weighted by atomic mass is 32.2. The molecule has 1 aromatic heterocycles. The van der Waals surface area contributed by atoms with Crippen LogP contribution in [0.2, 0.25) is 0 Å². The van der Waals surface area contributed by atoms with Crippen molar-refractivity contribution in [2.45, 2.75) is 62.1 Å². The van der Waals surface area contributed by atoms with Crippen molar-refractivity contribution in [2.75, 3.05) is 19.0 Å². The molecule has 1 aliphatic heterocycles. The first kappa shape index (κ1) is 22.9. The quantitative estimate of drug-likeness (QED) is 0.471. The van der Waals surface area contributed by atoms with Crippen molar-refractivity contribution in [3.63, 3.8) is 0 Å². The molecule has 178 valence electrons. The van der Waals surface area contributed by atoms with Crippen molar-refractivity contribution >= 4 is 23.4 Å². The molecule has 0 spiro atoms. The van der Waals surface area contributed by atoms with Crippen LogP contribution in [-0.2, 0) is 28.9 Å². The number of carbonyl (C=O) groups excluding carboxylic acids is 1. The van der Waals surface area contributed by atoms with Gasteiger partial charge >= 0.3 is 0 Å². The van der Waals surface area contributed by atoms with Crippen LogP contribution in [0.15, 0.2) is 47.6 Å². The Balaban J connectivity index is 1.34. The summed E-state index contributed by atoms with van der Waals surface area (Å²) in [6.07, 6.45) is 5.61. The van der Waals surface area contributed by atoms with E-state index in [1.54, 1.807) is 7.11 Å². The lowest BCUT2D eigenvalue weighted by molar-refractivity contribution is -0.115. The summed E-state index contributed by atoms with van der Waals surface area (Å²) in [4.78, 5) is 13.0. The first-order chi connectivity index (χ1) is 16.6. The number of fused-ring (bicyclic) bond motifs is 1. The molecule has 3 aromatic rings. The smallest absolute Gasteiger partial charge is 0.237 e. The second-order valence-corrected chi connectivity index (χ2v) is 10.2. The highest BCUT2D eigenvalue weighted by Gasteiger charge is 2.25. The Morgan fingerprint density at radius 1 is 1.18 bits per heavy atom. The van der Waals surface area contributed by atoms with Gasteiger partial charge in [0.15, 0.2) is 11.0 Å². The fourth-order valence-corrected chi connectivity index (χ4v) is 5.45. The molecule has 0 saturated carbocycles. The predicted octanol–water partition coefficient (Wildman–Crippen LogP) is 4.74. The molecule has 0 unspecified atom stereocenters. The van der Waals surface area contributed by atoms with Crippen LogP contribution >= 0.6 is 11.8 Å². The maximum absolute atomic E-state index is 13.0. The summed E-state index contributed by atoms with van der Waals surface area (Å²) in [5, 5.41) is 12.4. The van der Waals surface area contributed by atoms with E-state index in [4.69, 9.17) is 9.47 Å². The molecular weight excluding hydrogens is 448 g/mol. The number of rotatable bonds is 8. The van der Waals surface area contributed by atoms with Crippen LogP contribution in [0, 0.1) is 0 Å². The molecule has 5 rings (SSSR count). The lowest BCUT2D eigenvalue weighted by Crippen LogP contribution is -2.23. The second-order valence-electron chi connectivity index (χ2n) is 8.87. The third-order valence-electron chi connectivity index (χ3n) is 6.49. The van der Waals surface area contributed by atoms with Crippen LogP contribution in [0.3, 0.4) is 0 Å². The van der Waals surface area contributed by atoms with Crippen LogP contribution in [0.4, 0.5) is 5.69 Å². The number of amides is 1. The third-order valence-corrected chi connectivity index (χ3v) is 7.57. The fraction of sp³-hybridized carbons (Fsp3) is 0.423. The molecule has 8 heteroatoms. The summed E-state index contributed by atoms with van der Waals surface area (Å²) in [5.74, 6) is 1.52. The van der Waals surface area contributed by atoms with Crippen LogP contribution in [-0.4, -0.2) is 45.7 Å². The maximum Gasteiger partial charge on any atom is 0.237 e. The Morgan fingerprint density at radius 3 is 2.76 bits per heavy atom. The van der Waals surface area contributed by atoms with Gasteiger partial charge in [0, 0.05) is 17.9 Å². The molecule has 0 bridgehead atoms. The molecule has 1 N–H and O–H groups in total. The van der Waals surface area contributed by atoms with E-state index in [0.717, 1.165) is 60.3 Å². The SMILES string of the molecule is COc1ccc(-c2nnc(S[C@@H](C)C(=O)Nc3ccc4c(c3)CCC4)n2C[C@@H]2CCCO2)cc1. The minimum absolute atomic E-state index is 0.0411. The van der Waals surface area contributed by atoms with Gasteiger partial charge in [-0.15, -0.1) is 10.2 Å². The van der Waals surface area contributed by atoms with Crippen molar-refractivity contribution in [3.05, 3.63) is 53.6 Å². The van der Waals surface area contributed by atoms with Crippen molar-refractivity contribution in [3.8, 4) is 17.1 Å². The molecule has 2 aliphatic rings. The summed E-state index contributed by atoms with van der Waals surface area (Å²) in [5.41, 5.74) is 4.55. The van der Waals surface area contributed by atoms with E-state index in [2.05, 4.69) is 32.2 Å². The van der Waals surface area contributed by atoms with Gasteiger partial charge in [-0.2, -0.15) is 0 Å². The molecule has 7 nitrogen and oxygen atoms in total. The summed E-state index contributed by atoms with van der Waals surface area (Å²) in [7, 11) is 1.65. The summed E-state index contributed by atoms with van der Waals surface area (Å²) in [6, 6.07) is 14.0. The van der Waals surface area contributed by atoms with Crippen molar-refractivity contribution in [2.24, 2.45) is 0 Å². The number of anilines is 1. The van der Waals surface area contributed by atoms with Gasteiger partial charge in [-0.25, -0.2) is 0 Å². The third kappa shape index (κ3) is 4.98. The van der Waals surface area contributed by atoms with E-state index in [1.165, 1.54) is 29.3 Å². The number of thioether (sulfide) groups is 1. The Kier molecular flexibility index (Phi) is 6.87. The first-order valence-electron chi connectivity index (χ1n) is 11.9. The standard InChI is InChI=1S/C26H30N4O3S/c1-17(25(31)27-21-11-8-18-5-3-6-20(18)15-21)34-26-29-28-24(19-9-12-22(32-2)13-10-19)30(26)16-23-7-4-14-33-23/h8-13,15,17,23H,3-7,14,16H2,1-2H3,(H,27,31)/t17-,23-/m0/s1. The van der Waals surface area contributed by atoms with Gasteiger partial charge in [0.1, 0.15) is 5.75 Å². The number of nitrogens with one attached hydrogen (secondary N) is 1. The molecule has 0 radical (unpaired) electrons. The van der Waals surface area contributed by atoms with E-state index in [0.29, 0.717) is 6.54 Å². The Labute approximate surface area is 204 Å². The lowest BCUT2D eigenvalue weighted by Gasteiger charge is -2.17. The van der Waals surface area contributed by atoms with Gasteiger partial charge in [-0.05, 0) is 86.6 Å².